The van der Waals surface area contributed by atoms with Crippen molar-refractivity contribution in [2.24, 2.45) is 0 Å². The average molecular weight is 385 g/mol. The first kappa shape index (κ1) is 14.6. The molecule has 1 unspecified atom stereocenters. The molecule has 2 heterocycles. The molecule has 0 bridgehead atoms. The van der Waals surface area contributed by atoms with Gasteiger partial charge in [0.25, 0.3) is 0 Å². The van der Waals surface area contributed by atoms with Crippen LogP contribution in [0.1, 0.15) is 11.1 Å². The number of rotatable bonds is 2. The smallest absolute Gasteiger partial charge is 0.144 e. The van der Waals surface area contributed by atoms with E-state index in [1.807, 2.05) is 41.7 Å². The minimum Gasteiger partial charge on any atom is -0.341 e. The van der Waals surface area contributed by atoms with Crippen LogP contribution in [0.5, 0.6) is 0 Å². The second-order valence-electron chi connectivity index (χ2n) is 4.42. The Morgan fingerprint density at radius 3 is 2.75 bits per heavy atom. The fourth-order valence-corrected chi connectivity index (χ4v) is 5.32. The monoisotopic (exact) mass is 384 g/mol. The van der Waals surface area contributed by atoms with Crippen molar-refractivity contribution in [2.45, 2.75) is 5.25 Å². The van der Waals surface area contributed by atoms with Gasteiger partial charge in [0, 0.05) is 17.3 Å². The van der Waals surface area contributed by atoms with E-state index in [2.05, 4.69) is 38.0 Å². The number of benzene rings is 1. The van der Waals surface area contributed by atoms with Crippen LogP contribution in [0, 0.1) is 4.64 Å². The van der Waals surface area contributed by atoms with Crippen LogP contribution in [0.25, 0.3) is 11.3 Å². The van der Waals surface area contributed by atoms with Crippen molar-refractivity contribution < 1.29 is 0 Å². The van der Waals surface area contributed by atoms with Crippen LogP contribution >= 0.6 is 51.7 Å². The highest BCUT2D eigenvalue weighted by molar-refractivity contribution is 9.10. The number of nitrogens with one attached hydrogen (secondary N) is 1. The van der Waals surface area contributed by atoms with E-state index in [0.717, 1.165) is 27.3 Å². The van der Waals surface area contributed by atoms with Crippen LogP contribution < -0.4 is 0 Å². The summed E-state index contributed by atoms with van der Waals surface area (Å²) in [5.74, 6) is 4.49. The summed E-state index contributed by atoms with van der Waals surface area (Å²) in [6, 6.07) is 10.2. The number of halogens is 1. The molecule has 1 aliphatic heterocycles. The number of hydrogen-bond donors (Lipinski definition) is 1. The molecule has 3 rings (SSSR count). The van der Waals surface area contributed by atoms with Gasteiger partial charge in [-0.25, -0.2) is 4.98 Å². The number of nitrogens with zero attached hydrogens (tertiary/aromatic N) is 1. The van der Waals surface area contributed by atoms with Crippen molar-refractivity contribution in [3.05, 3.63) is 45.3 Å². The SMILES string of the molecule is S=c1nc(C2CSCCS2)[nH]c(-c2ccccc2)c1Br. The highest BCUT2D eigenvalue weighted by Gasteiger charge is 2.20. The summed E-state index contributed by atoms with van der Waals surface area (Å²) in [6.07, 6.45) is 0. The third-order valence-electron chi connectivity index (χ3n) is 3.07. The van der Waals surface area contributed by atoms with Crippen molar-refractivity contribution in [2.75, 3.05) is 17.3 Å². The van der Waals surface area contributed by atoms with E-state index in [-0.39, 0.29) is 0 Å². The summed E-state index contributed by atoms with van der Waals surface area (Å²) in [7, 11) is 0. The van der Waals surface area contributed by atoms with Gasteiger partial charge in [0.15, 0.2) is 0 Å². The molecule has 1 saturated heterocycles. The minimum atomic E-state index is 0.408. The minimum absolute atomic E-state index is 0.408. The van der Waals surface area contributed by atoms with Gasteiger partial charge in [-0.3, -0.25) is 0 Å². The van der Waals surface area contributed by atoms with E-state index in [4.69, 9.17) is 12.2 Å². The molecule has 0 aliphatic carbocycles. The van der Waals surface area contributed by atoms with Gasteiger partial charge in [-0.2, -0.15) is 11.8 Å². The van der Waals surface area contributed by atoms with Crippen LogP contribution in [0.2, 0.25) is 0 Å². The first-order chi connectivity index (χ1) is 9.75. The van der Waals surface area contributed by atoms with E-state index in [1.54, 1.807) is 0 Å². The Labute approximate surface area is 140 Å². The van der Waals surface area contributed by atoms with Crippen LogP contribution in [0.4, 0.5) is 0 Å². The molecule has 6 heteroatoms. The van der Waals surface area contributed by atoms with E-state index >= 15 is 0 Å². The summed E-state index contributed by atoms with van der Waals surface area (Å²) in [5, 5.41) is 0.408. The molecular weight excluding hydrogens is 372 g/mol. The van der Waals surface area contributed by atoms with Crippen molar-refractivity contribution >= 4 is 51.7 Å². The Balaban J connectivity index is 2.06. The van der Waals surface area contributed by atoms with Crippen molar-refractivity contribution in [3.8, 4) is 11.3 Å². The maximum absolute atomic E-state index is 5.40. The number of aromatic amines is 1. The zero-order valence-corrected chi connectivity index (χ0v) is 14.7. The average Bonchev–Trinajstić information content (AvgIpc) is 2.51. The Hall–Kier alpha value is -0.300. The molecule has 1 fully saturated rings. The number of hydrogen-bond acceptors (Lipinski definition) is 4. The predicted molar refractivity (Wildman–Crippen MR) is 95.1 cm³/mol. The van der Waals surface area contributed by atoms with Crippen molar-refractivity contribution in [1.82, 2.24) is 9.97 Å². The van der Waals surface area contributed by atoms with Crippen molar-refractivity contribution in [1.29, 1.82) is 0 Å². The molecule has 0 spiro atoms. The lowest BCUT2D eigenvalue weighted by Gasteiger charge is -2.21. The Bertz CT molecular complexity index is 651. The molecule has 0 saturated carbocycles. The summed E-state index contributed by atoms with van der Waals surface area (Å²) in [4.78, 5) is 8.04. The Kier molecular flexibility index (Phi) is 4.86. The molecule has 1 N–H and O–H groups in total. The zero-order chi connectivity index (χ0) is 13.9. The Morgan fingerprint density at radius 1 is 1.25 bits per heavy atom. The molecule has 2 nitrogen and oxygen atoms in total. The van der Waals surface area contributed by atoms with Crippen LogP contribution in [-0.4, -0.2) is 27.2 Å². The number of H-pyrrole nitrogens is 1. The Morgan fingerprint density at radius 2 is 2.05 bits per heavy atom. The largest absolute Gasteiger partial charge is 0.341 e. The lowest BCUT2D eigenvalue weighted by molar-refractivity contribution is 0.916. The standard InChI is InChI=1S/C14H13BrN2S3/c15-11-12(9-4-2-1-3-5-9)16-13(17-14(11)18)10-8-19-6-7-20-10/h1-5,10H,6-8H2,(H,16,17,18). The molecule has 2 aromatic rings. The number of aromatic nitrogens is 2. The van der Waals surface area contributed by atoms with E-state index < -0.39 is 0 Å². The molecule has 1 atom stereocenters. The predicted octanol–water partition coefficient (Wildman–Crippen LogP) is 5.09. The van der Waals surface area contributed by atoms with Gasteiger partial charge in [0.2, 0.25) is 0 Å². The highest BCUT2D eigenvalue weighted by Crippen LogP contribution is 2.37. The summed E-state index contributed by atoms with van der Waals surface area (Å²) < 4.78 is 1.50. The first-order valence-corrected chi connectivity index (χ1v) is 9.70. The van der Waals surface area contributed by atoms with Gasteiger partial charge in [-0.1, -0.05) is 42.5 Å². The van der Waals surface area contributed by atoms with Gasteiger partial charge in [-0.15, -0.1) is 11.8 Å². The van der Waals surface area contributed by atoms with E-state index in [0.29, 0.717) is 9.89 Å². The summed E-state index contributed by atoms with van der Waals surface area (Å²) in [5.41, 5.74) is 2.15. The lowest BCUT2D eigenvalue weighted by Crippen LogP contribution is -2.11. The zero-order valence-electron chi connectivity index (χ0n) is 10.6. The van der Waals surface area contributed by atoms with Gasteiger partial charge >= 0.3 is 0 Å². The second-order valence-corrected chi connectivity index (χ2v) is 8.06. The van der Waals surface area contributed by atoms with Crippen molar-refractivity contribution in [3.63, 3.8) is 0 Å². The van der Waals surface area contributed by atoms with Gasteiger partial charge in [0.1, 0.15) is 10.5 Å². The molecule has 0 amide bonds. The third-order valence-corrected chi connectivity index (χ3v) is 7.16. The first-order valence-electron chi connectivity index (χ1n) is 6.30. The van der Waals surface area contributed by atoms with Gasteiger partial charge in [-0.05, 0) is 21.5 Å². The number of thioether (sulfide) groups is 2. The fourth-order valence-electron chi connectivity index (χ4n) is 2.08. The van der Waals surface area contributed by atoms with Crippen LogP contribution in [0.15, 0.2) is 34.8 Å². The molecular formula is C14H13BrN2S3. The van der Waals surface area contributed by atoms with Gasteiger partial charge < -0.3 is 4.98 Å². The summed E-state index contributed by atoms with van der Waals surface area (Å²) in [6.45, 7) is 0. The van der Waals surface area contributed by atoms with E-state index in [1.165, 1.54) is 11.5 Å². The molecule has 20 heavy (non-hydrogen) atoms. The van der Waals surface area contributed by atoms with E-state index in [9.17, 15) is 0 Å². The third kappa shape index (κ3) is 3.13. The quantitative estimate of drug-likeness (QED) is 0.729. The normalized spacial score (nSPS) is 18.9. The fraction of sp³-hybridized carbons (Fsp3) is 0.286. The lowest BCUT2D eigenvalue weighted by atomic mass is 10.1. The summed E-state index contributed by atoms with van der Waals surface area (Å²) >= 11 is 12.9. The maximum Gasteiger partial charge on any atom is 0.144 e. The molecule has 104 valence electrons. The van der Waals surface area contributed by atoms with Crippen LogP contribution in [0.3, 0.4) is 0 Å². The molecule has 1 aromatic carbocycles. The highest BCUT2D eigenvalue weighted by atomic mass is 79.9. The molecule has 0 radical (unpaired) electrons. The maximum atomic E-state index is 5.40. The van der Waals surface area contributed by atoms with Crippen LogP contribution in [-0.2, 0) is 0 Å². The molecule has 1 aliphatic rings. The second kappa shape index (κ2) is 6.64. The molecule has 1 aromatic heterocycles. The van der Waals surface area contributed by atoms with Gasteiger partial charge in [0.05, 0.1) is 15.4 Å². The topological polar surface area (TPSA) is 28.7 Å².